The van der Waals surface area contributed by atoms with Crippen molar-refractivity contribution in [3.63, 3.8) is 0 Å². The summed E-state index contributed by atoms with van der Waals surface area (Å²) in [5.41, 5.74) is 0. The van der Waals surface area contributed by atoms with Crippen molar-refractivity contribution in [2.75, 3.05) is 39.8 Å². The minimum atomic E-state index is -1.39. The van der Waals surface area contributed by atoms with E-state index in [4.69, 9.17) is 4.43 Å². The monoisotopic (exact) mass is 244 g/mol. The van der Waals surface area contributed by atoms with E-state index in [2.05, 4.69) is 24.1 Å². The van der Waals surface area contributed by atoms with E-state index in [1.54, 1.807) is 0 Å². The molecular weight excluding hydrogens is 216 g/mol. The Labute approximate surface area is 102 Å². The van der Waals surface area contributed by atoms with Crippen molar-refractivity contribution in [3.05, 3.63) is 0 Å². The lowest BCUT2D eigenvalue weighted by Crippen LogP contribution is -2.46. The van der Waals surface area contributed by atoms with Gasteiger partial charge < -0.3 is 14.6 Å². The van der Waals surface area contributed by atoms with E-state index in [9.17, 15) is 0 Å². The van der Waals surface area contributed by atoms with Gasteiger partial charge in [0.05, 0.1) is 0 Å². The topological polar surface area (TPSA) is 24.5 Å². The average molecular weight is 244 g/mol. The summed E-state index contributed by atoms with van der Waals surface area (Å²) in [7, 11) is 0.544. The summed E-state index contributed by atoms with van der Waals surface area (Å²) in [5, 5.41) is 3.40. The van der Waals surface area contributed by atoms with E-state index in [0.29, 0.717) is 0 Å². The smallest absolute Gasteiger partial charge is 0.193 e. The first-order chi connectivity index (χ1) is 7.76. The molecule has 1 rings (SSSR count). The van der Waals surface area contributed by atoms with Crippen molar-refractivity contribution in [3.8, 4) is 0 Å². The number of nitrogens with one attached hydrogen (secondary N) is 1. The lowest BCUT2D eigenvalue weighted by molar-refractivity contribution is 0.247. The highest BCUT2D eigenvalue weighted by molar-refractivity contribution is 6.73. The number of nitrogens with zero attached hydrogens (tertiary/aromatic N) is 1. The summed E-state index contributed by atoms with van der Waals surface area (Å²) in [6, 6.07) is 3.91. The lowest BCUT2D eigenvalue weighted by Gasteiger charge is -2.33. The maximum Gasteiger partial charge on any atom is 0.193 e. The fourth-order valence-electron chi connectivity index (χ4n) is 2.58. The van der Waals surface area contributed by atoms with Crippen LogP contribution in [-0.4, -0.2) is 53.1 Å². The minimum Gasteiger partial charge on any atom is -0.420 e. The summed E-state index contributed by atoms with van der Waals surface area (Å²) < 4.78 is 5.92. The predicted molar refractivity (Wildman–Crippen MR) is 72.5 cm³/mol. The standard InChI is InChI=1S/C12H28N2OSi/c1-4-11-16(5-2,15-3)12-10-14-8-6-13-7-9-14/h13H,4-12H2,1-3H3. The molecule has 0 aromatic carbocycles. The van der Waals surface area contributed by atoms with Gasteiger partial charge in [0.15, 0.2) is 8.32 Å². The molecule has 0 saturated carbocycles. The molecule has 1 aliphatic heterocycles. The van der Waals surface area contributed by atoms with Crippen molar-refractivity contribution in [1.82, 2.24) is 10.2 Å². The van der Waals surface area contributed by atoms with Gasteiger partial charge in [-0.15, -0.1) is 0 Å². The Morgan fingerprint density at radius 3 is 2.38 bits per heavy atom. The van der Waals surface area contributed by atoms with Crippen LogP contribution in [0.15, 0.2) is 0 Å². The van der Waals surface area contributed by atoms with Gasteiger partial charge in [-0.1, -0.05) is 20.3 Å². The highest BCUT2D eigenvalue weighted by Gasteiger charge is 2.31. The van der Waals surface area contributed by atoms with Crippen LogP contribution >= 0.6 is 0 Å². The highest BCUT2D eigenvalue weighted by atomic mass is 28.4. The van der Waals surface area contributed by atoms with Gasteiger partial charge in [0.1, 0.15) is 0 Å². The van der Waals surface area contributed by atoms with Gasteiger partial charge in [0.2, 0.25) is 0 Å². The number of hydrogen-bond donors (Lipinski definition) is 1. The molecule has 96 valence electrons. The molecule has 16 heavy (non-hydrogen) atoms. The summed E-state index contributed by atoms with van der Waals surface area (Å²) in [5.74, 6) is 0. The van der Waals surface area contributed by atoms with Crippen LogP contribution in [-0.2, 0) is 4.43 Å². The van der Waals surface area contributed by atoms with Crippen LogP contribution in [0.5, 0.6) is 0 Å². The van der Waals surface area contributed by atoms with Crippen molar-refractivity contribution in [2.24, 2.45) is 0 Å². The zero-order chi connectivity index (χ0) is 11.9. The van der Waals surface area contributed by atoms with Crippen molar-refractivity contribution in [1.29, 1.82) is 0 Å². The maximum absolute atomic E-state index is 5.92. The summed E-state index contributed by atoms with van der Waals surface area (Å²) in [4.78, 5) is 2.59. The lowest BCUT2D eigenvalue weighted by atomic mass is 10.4. The second-order valence-electron chi connectivity index (χ2n) is 4.83. The maximum atomic E-state index is 5.92. The molecule has 0 amide bonds. The molecule has 0 spiro atoms. The Hall–Kier alpha value is 0.0969. The molecule has 3 nitrogen and oxygen atoms in total. The van der Waals surface area contributed by atoms with E-state index in [-0.39, 0.29) is 0 Å². The molecule has 1 saturated heterocycles. The van der Waals surface area contributed by atoms with E-state index in [0.717, 1.165) is 13.1 Å². The third-order valence-electron chi connectivity index (χ3n) is 3.88. The van der Waals surface area contributed by atoms with Crippen molar-refractivity contribution >= 4 is 8.32 Å². The van der Waals surface area contributed by atoms with Crippen molar-refractivity contribution < 1.29 is 4.43 Å². The van der Waals surface area contributed by atoms with Crippen LogP contribution in [0.1, 0.15) is 20.3 Å². The Morgan fingerprint density at radius 1 is 1.19 bits per heavy atom. The van der Waals surface area contributed by atoms with E-state index in [1.165, 1.54) is 44.2 Å². The second kappa shape index (κ2) is 7.43. The molecule has 1 unspecified atom stereocenters. The molecule has 1 aliphatic rings. The first-order valence-corrected chi connectivity index (χ1v) is 9.27. The Morgan fingerprint density at radius 2 is 1.88 bits per heavy atom. The van der Waals surface area contributed by atoms with Gasteiger partial charge in [-0.05, 0) is 24.7 Å². The Kier molecular flexibility index (Phi) is 6.57. The van der Waals surface area contributed by atoms with E-state index >= 15 is 0 Å². The molecule has 0 aromatic rings. The van der Waals surface area contributed by atoms with Crippen LogP contribution < -0.4 is 5.32 Å². The largest absolute Gasteiger partial charge is 0.420 e. The van der Waals surface area contributed by atoms with Crippen LogP contribution in [0.3, 0.4) is 0 Å². The summed E-state index contributed by atoms with van der Waals surface area (Å²) in [6.07, 6.45) is 1.27. The van der Waals surface area contributed by atoms with Crippen LogP contribution in [0.4, 0.5) is 0 Å². The van der Waals surface area contributed by atoms with Crippen LogP contribution in [0.25, 0.3) is 0 Å². The summed E-state index contributed by atoms with van der Waals surface area (Å²) in [6.45, 7) is 10.6. The highest BCUT2D eigenvalue weighted by Crippen LogP contribution is 2.23. The van der Waals surface area contributed by atoms with Gasteiger partial charge in [-0.2, -0.15) is 0 Å². The molecule has 0 bridgehead atoms. The van der Waals surface area contributed by atoms with Gasteiger partial charge in [-0.3, -0.25) is 0 Å². The number of rotatable bonds is 7. The predicted octanol–water partition coefficient (Wildman–Crippen LogP) is 1.91. The minimum absolute atomic E-state index is 1.15. The molecule has 0 aromatic heterocycles. The number of piperazine rings is 1. The third-order valence-corrected chi connectivity index (χ3v) is 8.58. The Bertz CT molecular complexity index is 180. The number of hydrogen-bond acceptors (Lipinski definition) is 3. The van der Waals surface area contributed by atoms with Crippen LogP contribution in [0, 0.1) is 0 Å². The van der Waals surface area contributed by atoms with Gasteiger partial charge in [-0.25, -0.2) is 0 Å². The average Bonchev–Trinajstić information content (AvgIpc) is 2.36. The van der Waals surface area contributed by atoms with Crippen molar-refractivity contribution in [2.45, 2.75) is 38.4 Å². The molecule has 4 heteroatoms. The molecule has 0 aliphatic carbocycles. The summed E-state index contributed by atoms with van der Waals surface area (Å²) >= 11 is 0. The van der Waals surface area contributed by atoms with E-state index in [1.807, 2.05) is 7.11 Å². The normalized spacial score (nSPS) is 21.9. The van der Waals surface area contributed by atoms with Gasteiger partial charge in [0.25, 0.3) is 0 Å². The fraction of sp³-hybridized carbons (Fsp3) is 1.00. The molecule has 1 atom stereocenters. The van der Waals surface area contributed by atoms with Gasteiger partial charge in [0, 0.05) is 33.3 Å². The first kappa shape index (κ1) is 14.2. The third kappa shape index (κ3) is 4.16. The molecule has 1 N–H and O–H groups in total. The molecular formula is C12H28N2OSi. The quantitative estimate of drug-likeness (QED) is 0.693. The Balaban J connectivity index is 2.35. The SMILES string of the molecule is CCC[Si](CC)(CCN1CCNCC1)OC. The van der Waals surface area contributed by atoms with Gasteiger partial charge >= 0.3 is 0 Å². The van der Waals surface area contributed by atoms with E-state index < -0.39 is 8.32 Å². The zero-order valence-corrected chi connectivity index (χ0v) is 12.2. The molecule has 0 radical (unpaired) electrons. The fourth-order valence-corrected chi connectivity index (χ4v) is 5.87. The first-order valence-electron chi connectivity index (χ1n) is 6.74. The zero-order valence-electron chi connectivity index (χ0n) is 11.2. The molecule has 1 fully saturated rings. The van der Waals surface area contributed by atoms with Crippen LogP contribution in [0.2, 0.25) is 18.1 Å². The second-order valence-corrected chi connectivity index (χ2v) is 9.31. The molecule has 1 heterocycles.